The van der Waals surface area contributed by atoms with Gasteiger partial charge in [0.05, 0.1) is 26.7 Å². The number of methoxy groups -OCH3 is 2. The molecule has 0 saturated carbocycles. The van der Waals surface area contributed by atoms with E-state index in [1.165, 1.54) is 7.11 Å². The Morgan fingerprint density at radius 1 is 1.19 bits per heavy atom. The molecule has 0 fully saturated rings. The van der Waals surface area contributed by atoms with Crippen LogP contribution in [0.5, 0.6) is 0 Å². The van der Waals surface area contributed by atoms with Crippen LogP contribution in [0.1, 0.15) is 6.42 Å². The standard InChI is InChI=1S/C9H18N2O4.ClH/c1-14-6-5-10-7-8(12)11-4-3-9(13)15-2;/h10H,3-7H2,1-2H3,(H,11,12);1H. The van der Waals surface area contributed by atoms with E-state index in [0.717, 1.165) is 0 Å². The summed E-state index contributed by atoms with van der Waals surface area (Å²) in [7, 11) is 2.91. The normalized spacial score (nSPS) is 9.12. The van der Waals surface area contributed by atoms with Gasteiger partial charge in [0, 0.05) is 20.2 Å². The van der Waals surface area contributed by atoms with Crippen LogP contribution >= 0.6 is 12.4 Å². The summed E-state index contributed by atoms with van der Waals surface area (Å²) >= 11 is 0. The highest BCUT2D eigenvalue weighted by molar-refractivity contribution is 5.85. The van der Waals surface area contributed by atoms with E-state index >= 15 is 0 Å². The number of halogens is 1. The third-order valence-corrected chi connectivity index (χ3v) is 1.65. The third-order valence-electron chi connectivity index (χ3n) is 1.65. The zero-order valence-corrected chi connectivity index (χ0v) is 10.4. The Balaban J connectivity index is 0. The Kier molecular flexibility index (Phi) is 13.4. The van der Waals surface area contributed by atoms with E-state index in [1.807, 2.05) is 0 Å². The van der Waals surface area contributed by atoms with Crippen molar-refractivity contribution >= 4 is 24.3 Å². The molecule has 0 aromatic heterocycles. The molecule has 0 aromatic carbocycles. The fourth-order valence-electron chi connectivity index (χ4n) is 0.845. The highest BCUT2D eigenvalue weighted by atomic mass is 35.5. The number of ether oxygens (including phenoxy) is 2. The number of carbonyl (C=O) groups excluding carboxylic acids is 2. The largest absolute Gasteiger partial charge is 0.469 e. The topological polar surface area (TPSA) is 76.7 Å². The van der Waals surface area contributed by atoms with Crippen LogP contribution in [0.15, 0.2) is 0 Å². The minimum atomic E-state index is -0.331. The first kappa shape index (κ1) is 17.5. The molecule has 6 nitrogen and oxygen atoms in total. The number of esters is 1. The summed E-state index contributed by atoms with van der Waals surface area (Å²) in [4.78, 5) is 21.8. The van der Waals surface area contributed by atoms with Crippen molar-refractivity contribution in [3.63, 3.8) is 0 Å². The maximum absolute atomic E-state index is 11.1. The molecule has 0 aliphatic carbocycles. The lowest BCUT2D eigenvalue weighted by atomic mass is 10.4. The van der Waals surface area contributed by atoms with Crippen molar-refractivity contribution < 1.29 is 19.1 Å². The van der Waals surface area contributed by atoms with E-state index in [0.29, 0.717) is 19.7 Å². The number of rotatable bonds is 8. The van der Waals surface area contributed by atoms with Crippen LogP contribution in [0.25, 0.3) is 0 Å². The SMILES string of the molecule is COCCNCC(=O)NCCC(=O)OC.Cl. The average molecular weight is 255 g/mol. The molecule has 0 aliphatic heterocycles. The molecule has 1 amide bonds. The fraction of sp³-hybridized carbons (Fsp3) is 0.778. The maximum Gasteiger partial charge on any atom is 0.307 e. The van der Waals surface area contributed by atoms with Crippen molar-refractivity contribution in [3.05, 3.63) is 0 Å². The second kappa shape index (κ2) is 12.2. The molecule has 0 rings (SSSR count). The van der Waals surface area contributed by atoms with E-state index in [9.17, 15) is 9.59 Å². The lowest BCUT2D eigenvalue weighted by molar-refractivity contribution is -0.140. The number of hydrogen-bond acceptors (Lipinski definition) is 5. The van der Waals surface area contributed by atoms with Crippen LogP contribution in [0.4, 0.5) is 0 Å². The van der Waals surface area contributed by atoms with Gasteiger partial charge in [-0.25, -0.2) is 0 Å². The first-order valence-electron chi connectivity index (χ1n) is 4.74. The van der Waals surface area contributed by atoms with Gasteiger partial charge in [0.2, 0.25) is 5.91 Å². The second-order valence-corrected chi connectivity index (χ2v) is 2.85. The minimum Gasteiger partial charge on any atom is -0.469 e. The predicted octanol–water partition coefficient (Wildman–Crippen LogP) is -0.676. The summed E-state index contributed by atoms with van der Waals surface area (Å²) in [6, 6.07) is 0. The molecule has 0 spiro atoms. The summed E-state index contributed by atoms with van der Waals surface area (Å²) in [5.74, 6) is -0.474. The van der Waals surface area contributed by atoms with Crippen molar-refractivity contribution in [2.45, 2.75) is 6.42 Å². The highest BCUT2D eigenvalue weighted by Gasteiger charge is 2.02. The zero-order valence-electron chi connectivity index (χ0n) is 9.58. The van der Waals surface area contributed by atoms with Crippen molar-refractivity contribution in [2.75, 3.05) is 40.5 Å². The molecule has 7 heteroatoms. The molecule has 2 N–H and O–H groups in total. The highest BCUT2D eigenvalue weighted by Crippen LogP contribution is 1.80. The predicted molar refractivity (Wildman–Crippen MR) is 61.6 cm³/mol. The molecule has 0 heterocycles. The molecule has 0 aromatic rings. The van der Waals surface area contributed by atoms with Gasteiger partial charge in [-0.3, -0.25) is 9.59 Å². The maximum atomic E-state index is 11.1. The number of amides is 1. The number of carbonyl (C=O) groups is 2. The molecule has 16 heavy (non-hydrogen) atoms. The molecule has 0 unspecified atom stereocenters. The number of hydrogen-bond donors (Lipinski definition) is 2. The van der Waals surface area contributed by atoms with Crippen molar-refractivity contribution in [1.29, 1.82) is 0 Å². The van der Waals surface area contributed by atoms with E-state index < -0.39 is 0 Å². The molecule has 0 saturated heterocycles. The fourth-order valence-corrected chi connectivity index (χ4v) is 0.845. The van der Waals surface area contributed by atoms with Crippen LogP contribution in [-0.2, 0) is 19.1 Å². The number of nitrogens with one attached hydrogen (secondary N) is 2. The first-order valence-corrected chi connectivity index (χ1v) is 4.74. The van der Waals surface area contributed by atoms with Crippen LogP contribution in [0.3, 0.4) is 0 Å². The monoisotopic (exact) mass is 254 g/mol. The Hall–Kier alpha value is -0.850. The lowest BCUT2D eigenvalue weighted by Crippen LogP contribution is -2.36. The summed E-state index contributed by atoms with van der Waals surface area (Å²) < 4.78 is 9.22. The van der Waals surface area contributed by atoms with Gasteiger partial charge < -0.3 is 20.1 Å². The summed E-state index contributed by atoms with van der Waals surface area (Å²) in [6.07, 6.45) is 0.195. The average Bonchev–Trinajstić information content (AvgIpc) is 2.24. The van der Waals surface area contributed by atoms with Crippen LogP contribution in [0, 0.1) is 0 Å². The summed E-state index contributed by atoms with van der Waals surface area (Å²) in [6.45, 7) is 1.72. The first-order chi connectivity index (χ1) is 7.20. The molecule has 0 radical (unpaired) electrons. The zero-order chi connectivity index (χ0) is 11.5. The smallest absolute Gasteiger partial charge is 0.307 e. The van der Waals surface area contributed by atoms with Crippen molar-refractivity contribution in [1.82, 2.24) is 10.6 Å². The Bertz CT molecular complexity index is 202. The van der Waals surface area contributed by atoms with Crippen LogP contribution in [-0.4, -0.2) is 52.3 Å². The van der Waals surface area contributed by atoms with E-state index in [1.54, 1.807) is 7.11 Å². The van der Waals surface area contributed by atoms with Gasteiger partial charge in [-0.15, -0.1) is 12.4 Å². The van der Waals surface area contributed by atoms with Gasteiger partial charge in [0.15, 0.2) is 0 Å². The molecular formula is C9H19ClN2O4. The Morgan fingerprint density at radius 3 is 2.44 bits per heavy atom. The van der Waals surface area contributed by atoms with Gasteiger partial charge in [-0.05, 0) is 0 Å². The molecule has 0 atom stereocenters. The molecular weight excluding hydrogens is 236 g/mol. The van der Waals surface area contributed by atoms with Gasteiger partial charge in [-0.1, -0.05) is 0 Å². The van der Waals surface area contributed by atoms with Gasteiger partial charge >= 0.3 is 5.97 Å². The van der Waals surface area contributed by atoms with Gasteiger partial charge in [-0.2, -0.15) is 0 Å². The third kappa shape index (κ3) is 11.2. The molecule has 96 valence electrons. The summed E-state index contributed by atoms with van der Waals surface area (Å²) in [5.41, 5.74) is 0. The van der Waals surface area contributed by atoms with Crippen LogP contribution < -0.4 is 10.6 Å². The second-order valence-electron chi connectivity index (χ2n) is 2.85. The van der Waals surface area contributed by atoms with Gasteiger partial charge in [0.1, 0.15) is 0 Å². The Morgan fingerprint density at radius 2 is 1.88 bits per heavy atom. The van der Waals surface area contributed by atoms with Crippen molar-refractivity contribution in [2.24, 2.45) is 0 Å². The van der Waals surface area contributed by atoms with E-state index in [-0.39, 0.29) is 37.2 Å². The minimum absolute atomic E-state index is 0. The van der Waals surface area contributed by atoms with Crippen LogP contribution in [0.2, 0.25) is 0 Å². The van der Waals surface area contributed by atoms with E-state index in [2.05, 4.69) is 15.4 Å². The lowest BCUT2D eigenvalue weighted by Gasteiger charge is -2.05. The molecule has 0 bridgehead atoms. The Labute approximate surface area is 101 Å². The quantitative estimate of drug-likeness (QED) is 0.444. The van der Waals surface area contributed by atoms with Crippen molar-refractivity contribution in [3.8, 4) is 0 Å². The summed E-state index contributed by atoms with van der Waals surface area (Å²) in [5, 5.41) is 5.47. The molecule has 0 aliphatic rings. The van der Waals surface area contributed by atoms with E-state index in [4.69, 9.17) is 4.74 Å². The van der Waals surface area contributed by atoms with Gasteiger partial charge in [0.25, 0.3) is 0 Å².